The van der Waals surface area contributed by atoms with E-state index in [-0.39, 0.29) is 5.57 Å². The van der Waals surface area contributed by atoms with Crippen molar-refractivity contribution >= 4 is 5.97 Å². The van der Waals surface area contributed by atoms with Gasteiger partial charge in [-0.3, -0.25) is 0 Å². The summed E-state index contributed by atoms with van der Waals surface area (Å²) in [5, 5.41) is 9.55. The maximum atomic E-state index is 14.4. The fourth-order valence-corrected chi connectivity index (χ4v) is 2.09. The number of halogens is 5. The van der Waals surface area contributed by atoms with Gasteiger partial charge in [0.15, 0.2) is 11.4 Å². The number of rotatable bonds is 3. The predicted molar refractivity (Wildman–Crippen MR) is 66.4 cm³/mol. The molecule has 1 fully saturated rings. The first-order chi connectivity index (χ1) is 9.99. The number of hydrogen-bond acceptors (Lipinski definition) is 5. The van der Waals surface area contributed by atoms with Crippen LogP contribution in [-0.2, 0) is 19.0 Å². The van der Waals surface area contributed by atoms with Crippen LogP contribution < -0.4 is 0 Å². The third-order valence-electron chi connectivity index (χ3n) is 3.17. The van der Waals surface area contributed by atoms with Gasteiger partial charge in [-0.15, -0.1) is 0 Å². The van der Waals surface area contributed by atoms with Crippen LogP contribution in [0.2, 0.25) is 0 Å². The van der Waals surface area contributed by atoms with Crippen LogP contribution in [0.3, 0.4) is 0 Å². The van der Waals surface area contributed by atoms with Gasteiger partial charge in [0.05, 0.1) is 0 Å². The molecule has 10 heteroatoms. The zero-order chi connectivity index (χ0) is 18.5. The SMILES string of the molecule is C=C(C)C(=O)OCC1(C)OC(C)(C)OC(O)(C(F)(F)F)C1(F)F. The summed E-state index contributed by atoms with van der Waals surface area (Å²) in [6, 6.07) is 0. The van der Waals surface area contributed by atoms with E-state index >= 15 is 0 Å². The summed E-state index contributed by atoms with van der Waals surface area (Å²) in [5.74, 6) is -13.1. The Bertz CT molecular complexity index is 515. The van der Waals surface area contributed by atoms with Gasteiger partial charge in [-0.1, -0.05) is 6.58 Å². The molecule has 0 amide bonds. The van der Waals surface area contributed by atoms with Gasteiger partial charge in [0.1, 0.15) is 6.61 Å². The third kappa shape index (κ3) is 3.20. The smallest absolute Gasteiger partial charge is 0.449 e. The highest BCUT2D eigenvalue weighted by molar-refractivity contribution is 5.86. The summed E-state index contributed by atoms with van der Waals surface area (Å²) in [4.78, 5) is 11.3. The second-order valence-electron chi connectivity index (χ2n) is 5.91. The summed E-state index contributed by atoms with van der Waals surface area (Å²) in [7, 11) is 0. The number of alkyl halides is 5. The van der Waals surface area contributed by atoms with Gasteiger partial charge >= 0.3 is 23.9 Å². The molecular formula is C13H17F5O5. The summed E-state index contributed by atoms with van der Waals surface area (Å²) in [6.45, 7) is 5.60. The van der Waals surface area contributed by atoms with E-state index in [0.717, 1.165) is 13.8 Å². The van der Waals surface area contributed by atoms with Crippen molar-refractivity contribution in [2.75, 3.05) is 6.61 Å². The molecule has 0 aromatic heterocycles. The molecule has 1 N–H and O–H groups in total. The number of aliphatic hydroxyl groups is 1. The number of carbonyl (C=O) groups excluding carboxylic acids is 1. The Morgan fingerprint density at radius 3 is 2.09 bits per heavy atom. The van der Waals surface area contributed by atoms with Crippen LogP contribution in [-0.4, -0.2) is 47.0 Å². The molecule has 2 unspecified atom stereocenters. The van der Waals surface area contributed by atoms with E-state index in [2.05, 4.69) is 16.1 Å². The molecule has 2 atom stereocenters. The van der Waals surface area contributed by atoms with Crippen LogP contribution in [0.4, 0.5) is 22.0 Å². The average molecular weight is 348 g/mol. The zero-order valence-corrected chi connectivity index (χ0v) is 12.9. The lowest BCUT2D eigenvalue weighted by Gasteiger charge is -2.54. The van der Waals surface area contributed by atoms with E-state index in [1.54, 1.807) is 0 Å². The van der Waals surface area contributed by atoms with E-state index in [4.69, 9.17) is 4.74 Å². The minimum absolute atomic E-state index is 0.144. The van der Waals surface area contributed by atoms with E-state index < -0.39 is 41.9 Å². The molecule has 1 aliphatic rings. The molecule has 0 aromatic rings. The molecule has 1 aliphatic heterocycles. The van der Waals surface area contributed by atoms with Crippen LogP contribution in [0.1, 0.15) is 27.7 Å². The normalized spacial score (nSPS) is 33.1. The Morgan fingerprint density at radius 1 is 1.22 bits per heavy atom. The first-order valence-electron chi connectivity index (χ1n) is 6.39. The monoisotopic (exact) mass is 348 g/mol. The molecule has 0 aliphatic carbocycles. The quantitative estimate of drug-likeness (QED) is 0.482. The van der Waals surface area contributed by atoms with Gasteiger partial charge in [0, 0.05) is 5.57 Å². The van der Waals surface area contributed by atoms with Crippen molar-refractivity contribution in [2.24, 2.45) is 0 Å². The number of carbonyl (C=O) groups is 1. The molecule has 5 nitrogen and oxygen atoms in total. The van der Waals surface area contributed by atoms with E-state index in [1.807, 2.05) is 0 Å². The fourth-order valence-electron chi connectivity index (χ4n) is 2.09. The van der Waals surface area contributed by atoms with Crippen molar-refractivity contribution in [1.82, 2.24) is 0 Å². The Kier molecular flexibility index (Phi) is 4.63. The van der Waals surface area contributed by atoms with Crippen LogP contribution in [0.25, 0.3) is 0 Å². The first-order valence-corrected chi connectivity index (χ1v) is 6.39. The minimum Gasteiger partial charge on any atom is -0.459 e. The number of hydrogen-bond donors (Lipinski definition) is 1. The molecule has 134 valence electrons. The molecule has 1 heterocycles. The summed E-state index contributed by atoms with van der Waals surface area (Å²) in [6.07, 6.45) is -5.82. The first kappa shape index (κ1) is 19.8. The van der Waals surface area contributed by atoms with Gasteiger partial charge in [-0.05, 0) is 27.7 Å². The third-order valence-corrected chi connectivity index (χ3v) is 3.17. The van der Waals surface area contributed by atoms with E-state index in [9.17, 15) is 31.9 Å². The Labute approximate surface area is 129 Å². The number of esters is 1. The highest BCUT2D eigenvalue weighted by atomic mass is 19.4. The Balaban J connectivity index is 3.29. The second-order valence-corrected chi connectivity index (χ2v) is 5.91. The maximum absolute atomic E-state index is 14.4. The van der Waals surface area contributed by atoms with Crippen LogP contribution in [0.5, 0.6) is 0 Å². The van der Waals surface area contributed by atoms with Crippen molar-refractivity contribution in [3.8, 4) is 0 Å². The molecule has 23 heavy (non-hydrogen) atoms. The van der Waals surface area contributed by atoms with Crippen LogP contribution in [0, 0.1) is 0 Å². The highest BCUT2D eigenvalue weighted by Crippen LogP contribution is 2.55. The van der Waals surface area contributed by atoms with Gasteiger partial charge < -0.3 is 19.3 Å². The number of ether oxygens (including phenoxy) is 3. The summed E-state index contributed by atoms with van der Waals surface area (Å²) >= 11 is 0. The van der Waals surface area contributed by atoms with E-state index in [0.29, 0.717) is 6.92 Å². The van der Waals surface area contributed by atoms with Crippen molar-refractivity contribution < 1.29 is 46.1 Å². The Hall–Kier alpha value is -1.26. The molecule has 0 bridgehead atoms. The molecule has 0 saturated carbocycles. The molecule has 0 radical (unpaired) electrons. The second kappa shape index (κ2) is 5.38. The molecule has 0 aromatic carbocycles. The van der Waals surface area contributed by atoms with Gasteiger partial charge in [-0.25, -0.2) is 4.79 Å². The van der Waals surface area contributed by atoms with Crippen LogP contribution in [0.15, 0.2) is 12.2 Å². The standard InChI is InChI=1S/C13H17F5O5/c1-7(2)8(19)21-6-10(5)11(14,15)12(20,13(16,17)18)23-9(3,4)22-10/h20H,1,6H2,2-5H3. The fraction of sp³-hybridized carbons (Fsp3) is 0.769. The molecule has 1 saturated heterocycles. The summed E-state index contributed by atoms with van der Waals surface area (Å²) in [5.41, 5.74) is -3.14. The lowest BCUT2D eigenvalue weighted by molar-refractivity contribution is -0.541. The van der Waals surface area contributed by atoms with Gasteiger partial charge in [-0.2, -0.15) is 22.0 Å². The van der Waals surface area contributed by atoms with E-state index in [1.165, 1.54) is 6.92 Å². The summed E-state index contributed by atoms with van der Waals surface area (Å²) < 4.78 is 81.2. The molecule has 1 rings (SSSR count). The largest absolute Gasteiger partial charge is 0.459 e. The molecule has 0 spiro atoms. The van der Waals surface area contributed by atoms with Crippen molar-refractivity contribution in [2.45, 2.75) is 57.0 Å². The van der Waals surface area contributed by atoms with Gasteiger partial charge in [0.2, 0.25) is 0 Å². The lowest BCUT2D eigenvalue weighted by Crippen LogP contribution is -2.77. The van der Waals surface area contributed by atoms with Crippen LogP contribution >= 0.6 is 0 Å². The Morgan fingerprint density at radius 2 is 1.70 bits per heavy atom. The molecular weight excluding hydrogens is 331 g/mol. The topological polar surface area (TPSA) is 65.0 Å². The predicted octanol–water partition coefficient (Wildman–Crippen LogP) is 2.53. The minimum atomic E-state index is -5.82. The van der Waals surface area contributed by atoms with Crippen molar-refractivity contribution in [3.63, 3.8) is 0 Å². The van der Waals surface area contributed by atoms with Crippen molar-refractivity contribution in [3.05, 3.63) is 12.2 Å². The highest BCUT2D eigenvalue weighted by Gasteiger charge is 2.81. The zero-order valence-electron chi connectivity index (χ0n) is 12.9. The lowest BCUT2D eigenvalue weighted by atomic mass is 9.88. The average Bonchev–Trinajstić information content (AvgIpc) is 2.31. The van der Waals surface area contributed by atoms with Crippen molar-refractivity contribution in [1.29, 1.82) is 0 Å². The van der Waals surface area contributed by atoms with Gasteiger partial charge in [0.25, 0.3) is 0 Å². The maximum Gasteiger partial charge on any atom is 0.449 e.